The number of carbonyl (C=O) groups is 2. The topological polar surface area (TPSA) is 41.8 Å². The van der Waals surface area contributed by atoms with Gasteiger partial charge in [0.25, 0.3) is 11.7 Å². The molecule has 0 unspecified atom stereocenters. The average Bonchev–Trinajstić information content (AvgIpc) is 3.02. The lowest BCUT2D eigenvalue weighted by atomic mass is 10.0. The van der Waals surface area contributed by atoms with E-state index >= 15 is 0 Å². The molecule has 4 nitrogen and oxygen atoms in total. The number of aromatic nitrogens is 1. The van der Waals surface area contributed by atoms with Gasteiger partial charge in [-0.05, 0) is 37.6 Å². The Morgan fingerprint density at radius 2 is 1.62 bits per heavy atom. The molecule has 0 aliphatic heterocycles. The quantitative estimate of drug-likeness (QED) is 0.532. The second kappa shape index (κ2) is 6.71. The number of pyridine rings is 1. The van der Waals surface area contributed by atoms with E-state index in [1.165, 1.54) is 0 Å². The van der Waals surface area contributed by atoms with Crippen molar-refractivity contribution in [2.24, 2.45) is 0 Å². The Hall–Kier alpha value is -2.88. The van der Waals surface area contributed by atoms with E-state index in [0.29, 0.717) is 18.8 Å². The summed E-state index contributed by atoms with van der Waals surface area (Å²) in [6.45, 7) is 4.79. The Morgan fingerprint density at radius 1 is 0.958 bits per heavy atom. The first-order valence-electron chi connectivity index (χ1n) is 8.16. The number of nitrogens with zero attached hydrogens (tertiary/aromatic N) is 2. The predicted molar refractivity (Wildman–Crippen MR) is 95.1 cm³/mol. The maximum atomic E-state index is 13.0. The number of likely N-dealkylation sites (N-methyl/N-ethyl adjacent to an activating group) is 1. The smallest absolute Gasteiger partial charge is 0.296 e. The van der Waals surface area contributed by atoms with E-state index in [9.17, 15) is 9.59 Å². The molecule has 0 spiro atoms. The van der Waals surface area contributed by atoms with Crippen LogP contribution in [0, 0.1) is 0 Å². The van der Waals surface area contributed by atoms with E-state index in [2.05, 4.69) is 0 Å². The fourth-order valence-corrected chi connectivity index (χ4v) is 2.95. The van der Waals surface area contributed by atoms with Crippen molar-refractivity contribution in [3.63, 3.8) is 0 Å². The van der Waals surface area contributed by atoms with Gasteiger partial charge < -0.3 is 9.30 Å². The van der Waals surface area contributed by atoms with Crippen LogP contribution in [0.1, 0.15) is 24.3 Å². The third-order valence-electron chi connectivity index (χ3n) is 4.22. The monoisotopic (exact) mass is 320 g/mol. The lowest BCUT2D eigenvalue weighted by Crippen LogP contribution is -2.36. The first kappa shape index (κ1) is 16.0. The van der Waals surface area contributed by atoms with Gasteiger partial charge >= 0.3 is 0 Å². The molecular weight excluding hydrogens is 300 g/mol. The van der Waals surface area contributed by atoms with Crippen molar-refractivity contribution < 1.29 is 9.59 Å². The third-order valence-corrected chi connectivity index (χ3v) is 4.22. The minimum absolute atomic E-state index is 0.425. The zero-order chi connectivity index (χ0) is 17.1. The number of hydrogen-bond acceptors (Lipinski definition) is 2. The van der Waals surface area contributed by atoms with Gasteiger partial charge in [-0.25, -0.2) is 0 Å². The second-order valence-electron chi connectivity index (χ2n) is 5.57. The van der Waals surface area contributed by atoms with Gasteiger partial charge in [0, 0.05) is 30.4 Å². The zero-order valence-corrected chi connectivity index (χ0v) is 13.9. The highest BCUT2D eigenvalue weighted by atomic mass is 16.2. The van der Waals surface area contributed by atoms with Crippen molar-refractivity contribution in [2.75, 3.05) is 13.1 Å². The highest BCUT2D eigenvalue weighted by Crippen LogP contribution is 2.28. The molecular formula is C20H20N2O2. The molecule has 3 rings (SSSR count). The van der Waals surface area contributed by atoms with Gasteiger partial charge in [-0.15, -0.1) is 0 Å². The minimum Gasteiger partial charge on any atom is -0.336 e. The van der Waals surface area contributed by atoms with Crippen LogP contribution >= 0.6 is 0 Å². The van der Waals surface area contributed by atoms with E-state index in [0.717, 1.165) is 16.6 Å². The average molecular weight is 320 g/mol. The number of amides is 1. The molecule has 24 heavy (non-hydrogen) atoms. The summed E-state index contributed by atoms with van der Waals surface area (Å²) in [7, 11) is 0. The highest BCUT2D eigenvalue weighted by Gasteiger charge is 2.27. The molecule has 1 aromatic carbocycles. The normalized spacial score (nSPS) is 10.8. The summed E-state index contributed by atoms with van der Waals surface area (Å²) in [6.07, 6.45) is 1.82. The summed E-state index contributed by atoms with van der Waals surface area (Å²) >= 11 is 0. The van der Waals surface area contributed by atoms with Crippen LogP contribution in [0.4, 0.5) is 0 Å². The van der Waals surface area contributed by atoms with E-state index < -0.39 is 11.7 Å². The van der Waals surface area contributed by atoms with Crippen molar-refractivity contribution in [3.8, 4) is 11.1 Å². The Labute approximate surface area is 141 Å². The molecule has 1 amide bonds. The van der Waals surface area contributed by atoms with Gasteiger partial charge in [-0.1, -0.05) is 36.4 Å². The molecule has 0 fully saturated rings. The van der Waals surface area contributed by atoms with Crippen molar-refractivity contribution >= 4 is 17.2 Å². The Balaban J connectivity index is 2.19. The summed E-state index contributed by atoms with van der Waals surface area (Å²) in [5, 5.41) is 0. The molecule has 0 saturated heterocycles. The van der Waals surface area contributed by atoms with Crippen LogP contribution in [0.15, 0.2) is 60.8 Å². The molecule has 2 aromatic heterocycles. The standard InChI is InChI=1S/C20H20N2O2/c1-3-21(4-2)20(24)19(23)18-17(15-10-6-5-7-11-15)14-16-12-8-9-13-22(16)18/h5-14H,3-4H2,1-2H3. The fraction of sp³-hybridized carbons (Fsp3) is 0.200. The van der Waals surface area contributed by atoms with Crippen LogP contribution in [0.3, 0.4) is 0 Å². The minimum atomic E-state index is -0.469. The van der Waals surface area contributed by atoms with Crippen molar-refractivity contribution in [1.29, 1.82) is 0 Å². The first-order chi connectivity index (χ1) is 11.7. The van der Waals surface area contributed by atoms with Crippen molar-refractivity contribution in [2.45, 2.75) is 13.8 Å². The second-order valence-corrected chi connectivity index (χ2v) is 5.57. The summed E-state index contributed by atoms with van der Waals surface area (Å²) in [5.41, 5.74) is 3.03. The summed E-state index contributed by atoms with van der Waals surface area (Å²) in [5.74, 6) is -0.926. The number of fused-ring (bicyclic) bond motifs is 1. The van der Waals surface area contributed by atoms with E-state index in [-0.39, 0.29) is 0 Å². The van der Waals surface area contributed by atoms with Crippen LogP contribution in [-0.2, 0) is 4.79 Å². The molecule has 4 heteroatoms. The predicted octanol–water partition coefficient (Wildman–Crippen LogP) is 3.66. The zero-order valence-electron chi connectivity index (χ0n) is 13.9. The van der Waals surface area contributed by atoms with Gasteiger partial charge in [0.15, 0.2) is 0 Å². The molecule has 0 N–H and O–H groups in total. The lowest BCUT2D eigenvalue weighted by molar-refractivity contribution is -0.126. The molecule has 122 valence electrons. The van der Waals surface area contributed by atoms with Crippen LogP contribution in [0.5, 0.6) is 0 Å². The lowest BCUT2D eigenvalue weighted by Gasteiger charge is -2.18. The molecule has 0 aliphatic rings. The first-order valence-corrected chi connectivity index (χ1v) is 8.16. The van der Waals surface area contributed by atoms with Gasteiger partial charge in [-0.3, -0.25) is 9.59 Å². The molecule has 3 aromatic rings. The number of carbonyl (C=O) groups excluding carboxylic acids is 2. The van der Waals surface area contributed by atoms with E-state index in [1.54, 1.807) is 9.30 Å². The molecule has 0 radical (unpaired) electrons. The van der Waals surface area contributed by atoms with Crippen LogP contribution in [-0.4, -0.2) is 34.1 Å². The van der Waals surface area contributed by atoms with Gasteiger partial charge in [0.1, 0.15) is 5.69 Å². The Bertz CT molecular complexity index is 877. The van der Waals surface area contributed by atoms with Crippen molar-refractivity contribution in [1.82, 2.24) is 9.30 Å². The maximum Gasteiger partial charge on any atom is 0.296 e. The summed E-state index contributed by atoms with van der Waals surface area (Å²) in [6, 6.07) is 17.4. The molecule has 0 aliphatic carbocycles. The summed E-state index contributed by atoms with van der Waals surface area (Å²) in [4.78, 5) is 27.1. The summed E-state index contributed by atoms with van der Waals surface area (Å²) < 4.78 is 1.80. The number of benzene rings is 1. The molecule has 0 bridgehead atoms. The SMILES string of the molecule is CCN(CC)C(=O)C(=O)c1c(-c2ccccc2)cc2ccccn12. The van der Waals surface area contributed by atoms with E-state index in [4.69, 9.17) is 0 Å². The highest BCUT2D eigenvalue weighted by molar-refractivity contribution is 6.43. The maximum absolute atomic E-state index is 13.0. The Morgan fingerprint density at radius 3 is 2.29 bits per heavy atom. The Kier molecular flexibility index (Phi) is 4.47. The van der Waals surface area contributed by atoms with Gasteiger partial charge in [0.05, 0.1) is 0 Å². The number of Topliss-reactive ketones (excluding diaryl/α,β-unsaturated/α-hetero) is 1. The molecule has 0 atom stereocenters. The van der Waals surface area contributed by atoms with Gasteiger partial charge in [-0.2, -0.15) is 0 Å². The van der Waals surface area contributed by atoms with Crippen LogP contribution in [0.2, 0.25) is 0 Å². The van der Waals surface area contributed by atoms with Crippen molar-refractivity contribution in [3.05, 3.63) is 66.5 Å². The largest absolute Gasteiger partial charge is 0.336 e. The number of rotatable bonds is 5. The van der Waals surface area contributed by atoms with Crippen LogP contribution < -0.4 is 0 Å². The molecule has 2 heterocycles. The molecule has 0 saturated carbocycles. The number of ketones is 1. The van der Waals surface area contributed by atoms with E-state index in [1.807, 2.05) is 74.6 Å². The van der Waals surface area contributed by atoms with Crippen LogP contribution in [0.25, 0.3) is 16.6 Å². The third kappa shape index (κ3) is 2.71. The number of hydrogen-bond donors (Lipinski definition) is 0. The fourth-order valence-electron chi connectivity index (χ4n) is 2.95. The van der Waals surface area contributed by atoms with Gasteiger partial charge in [0.2, 0.25) is 0 Å².